The Hall–Kier alpha value is -4.22. The first-order chi connectivity index (χ1) is 17.2. The number of nitrogens with one attached hydrogen (secondary N) is 2. The largest absolute Gasteiger partial charge is 0.355 e. The number of nitrogens with two attached hydrogens (primary N) is 1. The number of aromatic nitrogens is 4. The SMILES string of the molecule is Cc1c(CNc2ncc(C#N)c(N3CCc4nc[nH]c4CC3)n2)cccc1-c1ccc(CN)cc1. The van der Waals surface area contributed by atoms with Crippen molar-refractivity contribution in [3.8, 4) is 17.2 Å². The molecule has 0 saturated heterocycles. The van der Waals surface area contributed by atoms with Gasteiger partial charge in [-0.25, -0.2) is 9.97 Å². The van der Waals surface area contributed by atoms with Gasteiger partial charge in [0.2, 0.25) is 5.95 Å². The minimum atomic E-state index is 0.480. The van der Waals surface area contributed by atoms with Crippen LogP contribution in [0.5, 0.6) is 0 Å². The Bertz CT molecular complexity index is 1340. The molecule has 4 aromatic rings. The quantitative estimate of drug-likeness (QED) is 0.398. The van der Waals surface area contributed by atoms with Crippen LogP contribution < -0.4 is 16.0 Å². The number of benzene rings is 2. The second-order valence-corrected chi connectivity index (χ2v) is 8.70. The molecule has 0 aliphatic carbocycles. The summed E-state index contributed by atoms with van der Waals surface area (Å²) in [4.78, 5) is 18.9. The van der Waals surface area contributed by atoms with E-state index < -0.39 is 0 Å². The van der Waals surface area contributed by atoms with Crippen LogP contribution in [0.25, 0.3) is 11.1 Å². The van der Waals surface area contributed by atoms with E-state index in [9.17, 15) is 5.26 Å². The van der Waals surface area contributed by atoms with Crippen molar-refractivity contribution in [1.29, 1.82) is 5.26 Å². The summed E-state index contributed by atoms with van der Waals surface area (Å²) < 4.78 is 0. The third kappa shape index (κ3) is 4.72. The standard InChI is InChI=1S/C27H28N8/c1-18-21(3-2-4-23(18)20-7-5-19(13-28)6-8-20)15-30-27-31-16-22(14-29)26(34-27)35-11-9-24-25(10-12-35)33-17-32-24/h2-8,16-17H,9-13,15,28H2,1H3,(H,32,33)(H,30,31,34). The molecule has 0 bridgehead atoms. The number of imidazole rings is 1. The fourth-order valence-corrected chi connectivity index (χ4v) is 4.55. The van der Waals surface area contributed by atoms with E-state index in [1.54, 1.807) is 12.5 Å². The van der Waals surface area contributed by atoms with E-state index in [0.717, 1.165) is 42.9 Å². The lowest BCUT2D eigenvalue weighted by molar-refractivity contribution is 0.776. The molecule has 2 aromatic carbocycles. The number of hydrogen-bond acceptors (Lipinski definition) is 7. The summed E-state index contributed by atoms with van der Waals surface area (Å²) in [5.41, 5.74) is 14.3. The number of aromatic amines is 1. The molecule has 4 N–H and O–H groups in total. The maximum atomic E-state index is 9.66. The van der Waals surface area contributed by atoms with Crippen LogP contribution in [0, 0.1) is 18.3 Å². The maximum absolute atomic E-state index is 9.66. The molecule has 35 heavy (non-hydrogen) atoms. The van der Waals surface area contributed by atoms with Crippen LogP contribution in [0.3, 0.4) is 0 Å². The second-order valence-electron chi connectivity index (χ2n) is 8.70. The van der Waals surface area contributed by atoms with Gasteiger partial charge in [0.15, 0.2) is 5.82 Å². The zero-order chi connectivity index (χ0) is 24.2. The summed E-state index contributed by atoms with van der Waals surface area (Å²) in [5, 5.41) is 13.0. The maximum Gasteiger partial charge on any atom is 0.224 e. The highest BCUT2D eigenvalue weighted by molar-refractivity contribution is 5.69. The molecule has 0 fully saturated rings. The molecule has 8 heteroatoms. The number of nitriles is 1. The Kier molecular flexibility index (Phi) is 6.42. The van der Waals surface area contributed by atoms with Gasteiger partial charge in [-0.3, -0.25) is 0 Å². The highest BCUT2D eigenvalue weighted by Gasteiger charge is 2.20. The molecule has 0 unspecified atom stereocenters. The molecule has 0 amide bonds. The van der Waals surface area contributed by atoms with Crippen molar-refractivity contribution in [3.63, 3.8) is 0 Å². The van der Waals surface area contributed by atoms with Crippen LogP contribution in [0.1, 0.15) is 33.6 Å². The van der Waals surface area contributed by atoms with E-state index in [-0.39, 0.29) is 0 Å². The van der Waals surface area contributed by atoms with Crippen LogP contribution in [-0.2, 0) is 25.9 Å². The minimum absolute atomic E-state index is 0.480. The summed E-state index contributed by atoms with van der Waals surface area (Å²) in [5.74, 6) is 1.18. The monoisotopic (exact) mass is 464 g/mol. The van der Waals surface area contributed by atoms with E-state index in [2.05, 4.69) is 80.6 Å². The van der Waals surface area contributed by atoms with E-state index in [1.165, 1.54) is 22.3 Å². The summed E-state index contributed by atoms with van der Waals surface area (Å²) in [7, 11) is 0. The Balaban J connectivity index is 1.34. The van der Waals surface area contributed by atoms with Crippen molar-refractivity contribution in [2.24, 2.45) is 5.73 Å². The molecule has 1 aliphatic heterocycles. The van der Waals surface area contributed by atoms with Gasteiger partial charge in [-0.2, -0.15) is 10.2 Å². The van der Waals surface area contributed by atoms with E-state index in [1.807, 2.05) is 0 Å². The fraction of sp³-hybridized carbons (Fsp3) is 0.259. The smallest absolute Gasteiger partial charge is 0.224 e. The van der Waals surface area contributed by atoms with Gasteiger partial charge in [-0.05, 0) is 34.7 Å². The first-order valence-corrected chi connectivity index (χ1v) is 11.8. The van der Waals surface area contributed by atoms with Crippen molar-refractivity contribution < 1.29 is 0 Å². The number of fused-ring (bicyclic) bond motifs is 1. The summed E-state index contributed by atoms with van der Waals surface area (Å²) in [6.07, 6.45) is 5.01. The van der Waals surface area contributed by atoms with Crippen LogP contribution in [0.4, 0.5) is 11.8 Å². The Morgan fingerprint density at radius 1 is 1.11 bits per heavy atom. The number of anilines is 2. The van der Waals surface area contributed by atoms with Gasteiger partial charge in [0, 0.05) is 44.7 Å². The number of rotatable bonds is 6. The molecule has 8 nitrogen and oxygen atoms in total. The summed E-state index contributed by atoms with van der Waals surface area (Å²) in [6.45, 7) is 4.78. The van der Waals surface area contributed by atoms with Gasteiger partial charge in [-0.15, -0.1) is 0 Å². The van der Waals surface area contributed by atoms with Crippen molar-refractivity contribution >= 4 is 11.8 Å². The molecule has 0 atom stereocenters. The molecule has 5 rings (SSSR count). The van der Waals surface area contributed by atoms with Crippen LogP contribution in [0.15, 0.2) is 55.0 Å². The van der Waals surface area contributed by atoms with Crippen molar-refractivity contribution in [1.82, 2.24) is 19.9 Å². The highest BCUT2D eigenvalue weighted by atomic mass is 15.2. The Labute approximate surface area is 204 Å². The summed E-state index contributed by atoms with van der Waals surface area (Å²) in [6, 6.07) is 16.9. The lowest BCUT2D eigenvalue weighted by Crippen LogP contribution is -2.28. The van der Waals surface area contributed by atoms with Gasteiger partial charge in [0.1, 0.15) is 11.6 Å². The molecule has 3 heterocycles. The molecule has 0 radical (unpaired) electrons. The predicted octanol–water partition coefficient (Wildman–Crippen LogP) is 3.72. The van der Waals surface area contributed by atoms with Gasteiger partial charge in [-0.1, -0.05) is 42.5 Å². The van der Waals surface area contributed by atoms with Gasteiger partial charge in [0.25, 0.3) is 0 Å². The van der Waals surface area contributed by atoms with E-state index in [4.69, 9.17) is 10.7 Å². The number of H-pyrrole nitrogens is 1. The molecule has 1 aliphatic rings. The molecular weight excluding hydrogens is 436 g/mol. The average Bonchev–Trinajstić information content (AvgIpc) is 3.26. The second kappa shape index (κ2) is 9.95. The number of hydrogen-bond donors (Lipinski definition) is 3. The summed E-state index contributed by atoms with van der Waals surface area (Å²) >= 11 is 0. The zero-order valence-corrected chi connectivity index (χ0v) is 19.8. The normalized spacial score (nSPS) is 13.1. The molecular formula is C27H28N8. The first-order valence-electron chi connectivity index (χ1n) is 11.8. The van der Waals surface area contributed by atoms with E-state index in [0.29, 0.717) is 30.4 Å². The van der Waals surface area contributed by atoms with Crippen LogP contribution >= 0.6 is 0 Å². The average molecular weight is 465 g/mol. The fourth-order valence-electron chi connectivity index (χ4n) is 4.55. The predicted molar refractivity (Wildman–Crippen MR) is 137 cm³/mol. The lowest BCUT2D eigenvalue weighted by atomic mass is 9.96. The van der Waals surface area contributed by atoms with Crippen molar-refractivity contribution in [2.75, 3.05) is 23.3 Å². The first kappa shape index (κ1) is 22.6. The number of nitrogens with zero attached hydrogens (tertiary/aromatic N) is 5. The van der Waals surface area contributed by atoms with Crippen molar-refractivity contribution in [2.45, 2.75) is 32.9 Å². The van der Waals surface area contributed by atoms with Crippen molar-refractivity contribution in [3.05, 3.63) is 88.6 Å². The molecule has 2 aromatic heterocycles. The van der Waals surface area contributed by atoms with Crippen LogP contribution in [0.2, 0.25) is 0 Å². The van der Waals surface area contributed by atoms with Gasteiger partial charge < -0.3 is 20.9 Å². The molecule has 0 spiro atoms. The van der Waals surface area contributed by atoms with Gasteiger partial charge in [0.05, 0.1) is 18.2 Å². The molecule has 176 valence electrons. The Morgan fingerprint density at radius 2 is 1.94 bits per heavy atom. The highest BCUT2D eigenvalue weighted by Crippen LogP contribution is 2.27. The third-order valence-electron chi connectivity index (χ3n) is 6.63. The minimum Gasteiger partial charge on any atom is -0.355 e. The van der Waals surface area contributed by atoms with Gasteiger partial charge >= 0.3 is 0 Å². The topological polar surface area (TPSA) is 120 Å². The van der Waals surface area contributed by atoms with Crippen LogP contribution in [-0.4, -0.2) is 33.0 Å². The lowest BCUT2D eigenvalue weighted by Gasteiger charge is -2.22. The van der Waals surface area contributed by atoms with E-state index >= 15 is 0 Å². The Morgan fingerprint density at radius 3 is 2.74 bits per heavy atom. The third-order valence-corrected chi connectivity index (χ3v) is 6.63. The zero-order valence-electron chi connectivity index (χ0n) is 19.8. The molecule has 0 saturated carbocycles.